The lowest BCUT2D eigenvalue weighted by Crippen LogP contribution is -2.73. The summed E-state index contributed by atoms with van der Waals surface area (Å²) in [6.07, 6.45) is 1.39. The summed E-state index contributed by atoms with van der Waals surface area (Å²) in [4.78, 5) is 50.5. The van der Waals surface area contributed by atoms with Crippen LogP contribution >= 0.6 is 0 Å². The van der Waals surface area contributed by atoms with Crippen molar-refractivity contribution in [1.82, 2.24) is 20.2 Å². The Morgan fingerprint density at radius 2 is 1.67 bits per heavy atom. The Morgan fingerprint density at radius 3 is 2.21 bits per heavy atom. The third kappa shape index (κ3) is 6.18. The fraction of sp³-hybridized carbons (Fsp3) is 0.875. The molecule has 0 aliphatic carbocycles. The van der Waals surface area contributed by atoms with Crippen LogP contribution in [-0.2, 0) is 19.2 Å². The van der Waals surface area contributed by atoms with E-state index in [1.54, 1.807) is 9.80 Å². The van der Waals surface area contributed by atoms with E-state index in [1.165, 1.54) is 0 Å². The van der Waals surface area contributed by atoms with Crippen LogP contribution in [0.2, 0.25) is 0 Å². The first kappa shape index (κ1) is 25.7. The van der Waals surface area contributed by atoms with Gasteiger partial charge in [-0.25, -0.2) is 4.79 Å². The lowest BCUT2D eigenvalue weighted by Gasteiger charge is -2.52. The average Bonchev–Trinajstić information content (AvgIpc) is 2.70. The lowest BCUT2D eigenvalue weighted by molar-refractivity contribution is -0.201. The summed E-state index contributed by atoms with van der Waals surface area (Å²) in [6.45, 7) is 15.3. The van der Waals surface area contributed by atoms with Crippen LogP contribution in [0.5, 0.6) is 0 Å². The molecule has 0 saturated carbocycles. The molecule has 3 heterocycles. The first-order valence-electron chi connectivity index (χ1n) is 12.4. The van der Waals surface area contributed by atoms with Gasteiger partial charge >= 0.3 is 6.09 Å². The Morgan fingerprint density at radius 1 is 1.06 bits per heavy atom. The number of fused-ring (bicyclic) bond motifs is 1. The number of likely N-dealkylation sites (tertiary alicyclic amines) is 1. The van der Waals surface area contributed by atoms with Gasteiger partial charge < -0.3 is 19.4 Å². The molecule has 0 aromatic rings. The maximum Gasteiger partial charge on any atom is 0.410 e. The molecule has 9 nitrogen and oxygen atoms in total. The third-order valence-electron chi connectivity index (χ3n) is 6.42. The number of nitrogens with zero attached hydrogens (tertiary/aromatic N) is 3. The monoisotopic (exact) mass is 466 g/mol. The number of piperidine rings is 1. The van der Waals surface area contributed by atoms with E-state index in [0.29, 0.717) is 51.2 Å². The zero-order valence-corrected chi connectivity index (χ0v) is 21.3. The fourth-order valence-corrected chi connectivity index (χ4v) is 4.92. The van der Waals surface area contributed by atoms with Gasteiger partial charge in [-0.15, -0.1) is 0 Å². The minimum absolute atomic E-state index is 0.0102. The van der Waals surface area contributed by atoms with Crippen molar-refractivity contribution in [2.24, 2.45) is 11.8 Å². The van der Waals surface area contributed by atoms with E-state index in [1.807, 2.05) is 25.7 Å². The molecule has 0 bridgehead atoms. The van der Waals surface area contributed by atoms with Gasteiger partial charge in [-0.3, -0.25) is 14.4 Å². The summed E-state index contributed by atoms with van der Waals surface area (Å²) in [5, 5.41) is 0. The van der Waals surface area contributed by atoms with Crippen molar-refractivity contribution < 1.29 is 24.0 Å². The van der Waals surface area contributed by atoms with E-state index < -0.39 is 17.7 Å². The molecule has 3 atom stereocenters. The molecule has 0 radical (unpaired) electrons. The number of ether oxygens (including phenoxy) is 1. The molecule has 9 heteroatoms. The minimum Gasteiger partial charge on any atom is -0.444 e. The van der Waals surface area contributed by atoms with Gasteiger partial charge in [0.05, 0.1) is 6.54 Å². The van der Waals surface area contributed by atoms with Gasteiger partial charge in [-0.05, 0) is 58.3 Å². The number of rotatable bonds is 5. The fourth-order valence-electron chi connectivity index (χ4n) is 4.92. The van der Waals surface area contributed by atoms with Gasteiger partial charge in [0.1, 0.15) is 17.8 Å². The van der Waals surface area contributed by atoms with Crippen LogP contribution in [0, 0.1) is 11.8 Å². The summed E-state index contributed by atoms with van der Waals surface area (Å²) in [5.41, 5.74) is 2.55. The molecule has 3 rings (SSSR count). The molecule has 0 aromatic heterocycles. The Bertz CT molecular complexity index is 727. The number of carbonyl (C=O) groups excluding carboxylic acids is 3. The second kappa shape index (κ2) is 10.2. The van der Waals surface area contributed by atoms with E-state index in [2.05, 4.69) is 33.2 Å². The van der Waals surface area contributed by atoms with Crippen molar-refractivity contribution in [3.05, 3.63) is 0 Å². The molecule has 0 unspecified atom stereocenters. The molecule has 0 spiro atoms. The number of piperazine rings is 1. The number of amides is 3. The number of carbonyl (C=O) groups is 3. The Kier molecular flexibility index (Phi) is 7.94. The molecule has 3 aliphatic heterocycles. The topological polar surface area (TPSA) is 91.4 Å². The highest BCUT2D eigenvalue weighted by Crippen LogP contribution is 2.30. The highest BCUT2D eigenvalue weighted by atomic mass is 16.7. The van der Waals surface area contributed by atoms with E-state index in [4.69, 9.17) is 9.57 Å². The van der Waals surface area contributed by atoms with E-state index in [0.717, 1.165) is 0 Å². The Labute approximate surface area is 198 Å². The van der Waals surface area contributed by atoms with Crippen LogP contribution in [0.1, 0.15) is 74.1 Å². The van der Waals surface area contributed by atoms with Crippen LogP contribution in [0.3, 0.4) is 0 Å². The lowest BCUT2D eigenvalue weighted by atomic mass is 9.93. The van der Waals surface area contributed by atoms with Crippen molar-refractivity contribution in [3.8, 4) is 0 Å². The summed E-state index contributed by atoms with van der Waals surface area (Å²) in [5.74, 6) is 0.502. The minimum atomic E-state index is -0.563. The second-order valence-corrected chi connectivity index (χ2v) is 11.4. The highest BCUT2D eigenvalue weighted by molar-refractivity contribution is 5.91. The smallest absolute Gasteiger partial charge is 0.410 e. The summed E-state index contributed by atoms with van der Waals surface area (Å²) < 4.78 is 5.50. The third-order valence-corrected chi connectivity index (χ3v) is 6.42. The molecule has 3 aliphatic rings. The number of hydroxylamine groups is 1. The molecule has 3 saturated heterocycles. The predicted molar refractivity (Wildman–Crippen MR) is 124 cm³/mol. The van der Waals surface area contributed by atoms with Crippen LogP contribution in [-0.4, -0.2) is 82.2 Å². The van der Waals surface area contributed by atoms with Gasteiger partial charge in [0.2, 0.25) is 5.91 Å². The summed E-state index contributed by atoms with van der Waals surface area (Å²) in [6, 6.07) is -0.468. The zero-order chi connectivity index (χ0) is 24.5. The van der Waals surface area contributed by atoms with Crippen molar-refractivity contribution in [1.29, 1.82) is 0 Å². The van der Waals surface area contributed by atoms with Crippen LogP contribution in [0.25, 0.3) is 0 Å². The SMILES string of the molecule is CC(C)C[C@H]1ON[C@H]2CN(C3CCN(C(=O)OC(C)(C)C)CC3)C(=O)[C@H](CC(C)C)N2C1=O. The largest absolute Gasteiger partial charge is 0.444 e. The Balaban J connectivity index is 1.70. The number of hydrogen-bond acceptors (Lipinski definition) is 6. The van der Waals surface area contributed by atoms with Crippen molar-refractivity contribution in [2.75, 3.05) is 19.6 Å². The highest BCUT2D eigenvalue weighted by Gasteiger charge is 2.50. The van der Waals surface area contributed by atoms with Crippen molar-refractivity contribution >= 4 is 17.9 Å². The molecular weight excluding hydrogens is 424 g/mol. The van der Waals surface area contributed by atoms with Gasteiger partial charge in [0.25, 0.3) is 5.91 Å². The van der Waals surface area contributed by atoms with E-state index in [-0.39, 0.29) is 36.0 Å². The maximum absolute atomic E-state index is 13.7. The molecular formula is C24H42N4O5. The molecule has 1 N–H and O–H groups in total. The van der Waals surface area contributed by atoms with Crippen LogP contribution in [0.4, 0.5) is 4.79 Å². The van der Waals surface area contributed by atoms with Gasteiger partial charge in [-0.1, -0.05) is 27.7 Å². The molecule has 0 aromatic carbocycles. The molecule has 3 amide bonds. The predicted octanol–water partition coefficient (Wildman–Crippen LogP) is 2.75. The first-order valence-corrected chi connectivity index (χ1v) is 12.4. The van der Waals surface area contributed by atoms with E-state index in [9.17, 15) is 14.4 Å². The number of nitrogens with one attached hydrogen (secondary N) is 1. The molecule has 188 valence electrons. The average molecular weight is 467 g/mol. The van der Waals surface area contributed by atoms with Gasteiger partial charge in [0.15, 0.2) is 6.10 Å². The van der Waals surface area contributed by atoms with E-state index >= 15 is 0 Å². The quantitative estimate of drug-likeness (QED) is 0.670. The second-order valence-electron chi connectivity index (χ2n) is 11.4. The van der Waals surface area contributed by atoms with Gasteiger partial charge in [-0.2, -0.15) is 5.48 Å². The van der Waals surface area contributed by atoms with Gasteiger partial charge in [0, 0.05) is 19.1 Å². The first-order chi connectivity index (χ1) is 15.4. The molecule has 3 fully saturated rings. The van der Waals surface area contributed by atoms with Crippen LogP contribution < -0.4 is 5.48 Å². The molecule has 33 heavy (non-hydrogen) atoms. The standard InChI is InChI=1S/C24H42N4O5/c1-15(2)12-18-21(29)27(14-20-25-33-19(13-16(3)4)22(30)28(18)20)17-8-10-26(11-9-17)23(31)32-24(5,6)7/h15-20,25H,8-14H2,1-7H3/t18-,19+,20+/m0/s1. The zero-order valence-electron chi connectivity index (χ0n) is 21.3. The maximum atomic E-state index is 13.7. The van der Waals surface area contributed by atoms with Crippen LogP contribution in [0.15, 0.2) is 0 Å². The van der Waals surface area contributed by atoms with Crippen molar-refractivity contribution in [2.45, 2.75) is 104 Å². The summed E-state index contributed by atoms with van der Waals surface area (Å²) >= 11 is 0. The number of hydrogen-bond donors (Lipinski definition) is 1. The Hall–Kier alpha value is -1.87. The normalized spacial score (nSPS) is 27.4. The summed E-state index contributed by atoms with van der Waals surface area (Å²) in [7, 11) is 0. The van der Waals surface area contributed by atoms with Crippen molar-refractivity contribution in [3.63, 3.8) is 0 Å².